The molecule has 0 unspecified atom stereocenters. The summed E-state index contributed by atoms with van der Waals surface area (Å²) in [6, 6.07) is 10.4. The van der Waals surface area contributed by atoms with E-state index in [0.29, 0.717) is 12.4 Å². The maximum Gasteiger partial charge on any atom is 0.143 e. The Labute approximate surface area is 105 Å². The van der Waals surface area contributed by atoms with Gasteiger partial charge in [0.15, 0.2) is 0 Å². The summed E-state index contributed by atoms with van der Waals surface area (Å²) >= 11 is 0. The molecular weight excluding hydrogens is 224 g/mol. The van der Waals surface area contributed by atoms with E-state index in [1.807, 2.05) is 19.1 Å². The number of nitrogens with two attached hydrogens (primary N) is 2. The maximum atomic E-state index is 5.92. The average Bonchev–Trinajstić information content (AvgIpc) is 2.66. The summed E-state index contributed by atoms with van der Waals surface area (Å²) in [5.74, 6) is 0.587. The fourth-order valence-electron chi connectivity index (χ4n) is 2.43. The van der Waals surface area contributed by atoms with Gasteiger partial charge in [0.2, 0.25) is 0 Å². The Balaban J connectivity index is 2.49. The lowest BCUT2D eigenvalue weighted by atomic mass is 10.1. The van der Waals surface area contributed by atoms with Gasteiger partial charge in [-0.1, -0.05) is 18.2 Å². The summed E-state index contributed by atoms with van der Waals surface area (Å²) in [5.41, 5.74) is 14.7. The second-order valence-corrected chi connectivity index (χ2v) is 4.52. The summed E-state index contributed by atoms with van der Waals surface area (Å²) in [7, 11) is 0. The van der Waals surface area contributed by atoms with Crippen LogP contribution >= 0.6 is 0 Å². The second kappa shape index (κ2) is 3.99. The van der Waals surface area contributed by atoms with Crippen molar-refractivity contribution in [3.05, 3.63) is 35.9 Å². The van der Waals surface area contributed by atoms with Crippen LogP contribution in [0.1, 0.15) is 5.56 Å². The molecule has 0 atom stereocenters. The van der Waals surface area contributed by atoms with Crippen molar-refractivity contribution in [2.24, 2.45) is 5.73 Å². The van der Waals surface area contributed by atoms with E-state index in [0.717, 1.165) is 28.7 Å². The van der Waals surface area contributed by atoms with Crippen molar-refractivity contribution in [1.29, 1.82) is 0 Å². The molecule has 4 heteroatoms. The largest absolute Gasteiger partial charge is 0.383 e. The maximum absolute atomic E-state index is 5.92. The Hall–Kier alpha value is -2.07. The van der Waals surface area contributed by atoms with Gasteiger partial charge in [-0.25, -0.2) is 4.98 Å². The van der Waals surface area contributed by atoms with Gasteiger partial charge in [-0.3, -0.25) is 0 Å². The molecule has 18 heavy (non-hydrogen) atoms. The average molecular weight is 240 g/mol. The van der Waals surface area contributed by atoms with Crippen LogP contribution in [0.25, 0.3) is 21.9 Å². The van der Waals surface area contributed by atoms with E-state index in [2.05, 4.69) is 27.8 Å². The van der Waals surface area contributed by atoms with Gasteiger partial charge in [0.25, 0.3) is 0 Å². The lowest BCUT2D eigenvalue weighted by Crippen LogP contribution is -2.10. The first-order valence-electron chi connectivity index (χ1n) is 6.06. The van der Waals surface area contributed by atoms with Crippen molar-refractivity contribution in [2.45, 2.75) is 13.5 Å². The third-order valence-corrected chi connectivity index (χ3v) is 3.33. The lowest BCUT2D eigenvalue weighted by molar-refractivity contribution is 0.751. The summed E-state index contributed by atoms with van der Waals surface area (Å²) in [4.78, 5) is 4.52. The van der Waals surface area contributed by atoms with Crippen LogP contribution < -0.4 is 11.5 Å². The standard InChI is InChI=1S/C14H16N4/c1-9-8-11-10-4-2-3-5-12(10)18(7-6-15)14(11)17-13(9)16/h2-5,8H,6-7,15H2,1H3,(H2,16,17). The number of hydrogen-bond donors (Lipinski definition) is 2. The van der Waals surface area contributed by atoms with Crippen LogP contribution in [0.4, 0.5) is 5.82 Å². The van der Waals surface area contributed by atoms with E-state index in [1.165, 1.54) is 5.39 Å². The third kappa shape index (κ3) is 1.46. The minimum Gasteiger partial charge on any atom is -0.383 e. The van der Waals surface area contributed by atoms with E-state index in [4.69, 9.17) is 11.5 Å². The SMILES string of the molecule is Cc1cc2c3ccccc3n(CCN)c2nc1N. The fraction of sp³-hybridized carbons (Fsp3) is 0.214. The predicted molar refractivity (Wildman–Crippen MR) is 75.4 cm³/mol. The molecule has 0 spiro atoms. The van der Waals surface area contributed by atoms with Gasteiger partial charge >= 0.3 is 0 Å². The summed E-state index contributed by atoms with van der Waals surface area (Å²) < 4.78 is 2.14. The van der Waals surface area contributed by atoms with Crippen molar-refractivity contribution in [1.82, 2.24) is 9.55 Å². The Morgan fingerprint density at radius 1 is 1.22 bits per heavy atom. The van der Waals surface area contributed by atoms with Crippen LogP contribution in [0, 0.1) is 6.92 Å². The highest BCUT2D eigenvalue weighted by Crippen LogP contribution is 2.29. The molecule has 0 fully saturated rings. The number of aryl methyl sites for hydroxylation is 1. The van der Waals surface area contributed by atoms with Gasteiger partial charge in [-0.15, -0.1) is 0 Å². The lowest BCUT2D eigenvalue weighted by Gasteiger charge is -2.05. The fourth-order valence-corrected chi connectivity index (χ4v) is 2.43. The van der Waals surface area contributed by atoms with E-state index < -0.39 is 0 Å². The molecular formula is C14H16N4. The number of nitrogens with zero attached hydrogens (tertiary/aromatic N) is 2. The number of fused-ring (bicyclic) bond motifs is 3. The molecule has 1 aromatic carbocycles. The van der Waals surface area contributed by atoms with E-state index in [-0.39, 0.29) is 0 Å². The number of pyridine rings is 1. The predicted octanol–water partition coefficient (Wildman–Crippen LogP) is 2.04. The number of aromatic nitrogens is 2. The smallest absolute Gasteiger partial charge is 0.143 e. The van der Waals surface area contributed by atoms with Crippen LogP contribution in [0.15, 0.2) is 30.3 Å². The number of nitrogen functional groups attached to an aromatic ring is 1. The monoisotopic (exact) mass is 240 g/mol. The zero-order valence-corrected chi connectivity index (χ0v) is 10.4. The molecule has 0 saturated heterocycles. The van der Waals surface area contributed by atoms with Crippen molar-refractivity contribution < 1.29 is 0 Å². The number of benzene rings is 1. The topological polar surface area (TPSA) is 69.9 Å². The summed E-state index contributed by atoms with van der Waals surface area (Å²) in [5, 5.41) is 2.35. The van der Waals surface area contributed by atoms with Crippen LogP contribution in [-0.2, 0) is 6.54 Å². The van der Waals surface area contributed by atoms with Crippen LogP contribution in [0.2, 0.25) is 0 Å². The van der Waals surface area contributed by atoms with E-state index in [9.17, 15) is 0 Å². The van der Waals surface area contributed by atoms with Gasteiger partial charge in [0, 0.05) is 23.9 Å². The molecule has 0 saturated carbocycles. The minimum absolute atomic E-state index is 0.587. The molecule has 0 bridgehead atoms. The molecule has 0 aliphatic carbocycles. The third-order valence-electron chi connectivity index (χ3n) is 3.33. The van der Waals surface area contributed by atoms with Crippen LogP contribution in [0.5, 0.6) is 0 Å². The highest BCUT2D eigenvalue weighted by Gasteiger charge is 2.12. The van der Waals surface area contributed by atoms with Gasteiger partial charge < -0.3 is 16.0 Å². The molecule has 2 heterocycles. The summed E-state index contributed by atoms with van der Waals surface area (Å²) in [6.07, 6.45) is 0. The van der Waals surface area contributed by atoms with Crippen LogP contribution in [-0.4, -0.2) is 16.1 Å². The van der Waals surface area contributed by atoms with Gasteiger partial charge in [0.05, 0.1) is 5.52 Å². The molecule has 3 rings (SSSR count). The number of para-hydroxylation sites is 1. The molecule has 92 valence electrons. The van der Waals surface area contributed by atoms with Crippen molar-refractivity contribution in [2.75, 3.05) is 12.3 Å². The first-order chi connectivity index (χ1) is 8.72. The summed E-state index contributed by atoms with van der Waals surface area (Å²) in [6.45, 7) is 3.32. The van der Waals surface area contributed by atoms with Crippen molar-refractivity contribution in [3.63, 3.8) is 0 Å². The minimum atomic E-state index is 0.587. The molecule has 0 amide bonds. The quantitative estimate of drug-likeness (QED) is 0.720. The zero-order valence-electron chi connectivity index (χ0n) is 10.4. The Kier molecular flexibility index (Phi) is 2.45. The molecule has 2 aromatic heterocycles. The molecule has 4 nitrogen and oxygen atoms in total. The molecule has 0 aliphatic heterocycles. The normalized spacial score (nSPS) is 11.4. The van der Waals surface area contributed by atoms with E-state index >= 15 is 0 Å². The van der Waals surface area contributed by atoms with Gasteiger partial charge in [-0.05, 0) is 24.6 Å². The molecule has 0 radical (unpaired) electrons. The highest BCUT2D eigenvalue weighted by atomic mass is 15.1. The second-order valence-electron chi connectivity index (χ2n) is 4.52. The molecule has 4 N–H and O–H groups in total. The molecule has 0 aliphatic rings. The van der Waals surface area contributed by atoms with E-state index in [1.54, 1.807) is 0 Å². The van der Waals surface area contributed by atoms with Gasteiger partial charge in [-0.2, -0.15) is 0 Å². The van der Waals surface area contributed by atoms with Crippen molar-refractivity contribution >= 4 is 27.8 Å². The number of hydrogen-bond acceptors (Lipinski definition) is 3. The molecule has 3 aromatic rings. The Bertz CT molecular complexity index is 727. The highest BCUT2D eigenvalue weighted by molar-refractivity contribution is 6.07. The zero-order chi connectivity index (χ0) is 12.7. The Morgan fingerprint density at radius 3 is 2.78 bits per heavy atom. The number of anilines is 1. The first-order valence-corrected chi connectivity index (χ1v) is 6.06. The Morgan fingerprint density at radius 2 is 2.00 bits per heavy atom. The van der Waals surface area contributed by atoms with Gasteiger partial charge in [0.1, 0.15) is 11.5 Å². The first kappa shape index (κ1) is 11.0. The number of rotatable bonds is 2. The van der Waals surface area contributed by atoms with Crippen molar-refractivity contribution in [3.8, 4) is 0 Å². The van der Waals surface area contributed by atoms with Crippen LogP contribution in [0.3, 0.4) is 0 Å².